The summed E-state index contributed by atoms with van der Waals surface area (Å²) < 4.78 is 21.6. The maximum absolute atomic E-state index is 5.75. The summed E-state index contributed by atoms with van der Waals surface area (Å²) >= 11 is 0. The summed E-state index contributed by atoms with van der Waals surface area (Å²) in [5.41, 5.74) is 2.32. The number of methoxy groups -OCH3 is 1. The van der Waals surface area contributed by atoms with Crippen molar-refractivity contribution in [3.05, 3.63) is 53.6 Å². The van der Waals surface area contributed by atoms with Crippen LogP contribution in [0.5, 0.6) is 17.2 Å². The topological polar surface area (TPSA) is 73.3 Å². The van der Waals surface area contributed by atoms with Crippen molar-refractivity contribution in [1.29, 1.82) is 0 Å². The first kappa shape index (κ1) is 20.8. The van der Waals surface area contributed by atoms with E-state index in [-0.39, 0.29) is 0 Å². The van der Waals surface area contributed by atoms with Gasteiger partial charge in [-0.3, -0.25) is 4.99 Å². The van der Waals surface area contributed by atoms with Gasteiger partial charge in [0.1, 0.15) is 5.75 Å². The van der Waals surface area contributed by atoms with Crippen molar-refractivity contribution >= 4 is 5.96 Å². The summed E-state index contributed by atoms with van der Waals surface area (Å²) in [7, 11) is 3.47. The molecular weight excluding hydrogens is 370 g/mol. The number of benzene rings is 2. The van der Waals surface area contributed by atoms with Gasteiger partial charge in [-0.25, -0.2) is 0 Å². The fourth-order valence-electron chi connectivity index (χ4n) is 2.97. The molecule has 0 fully saturated rings. The van der Waals surface area contributed by atoms with Crippen LogP contribution in [0.4, 0.5) is 0 Å². The summed E-state index contributed by atoms with van der Waals surface area (Å²) in [6.07, 6.45) is 1.74. The Bertz CT molecular complexity index is 810. The predicted molar refractivity (Wildman–Crippen MR) is 113 cm³/mol. The van der Waals surface area contributed by atoms with E-state index in [2.05, 4.69) is 27.8 Å². The second-order valence-electron chi connectivity index (χ2n) is 6.63. The van der Waals surface area contributed by atoms with E-state index in [0.29, 0.717) is 26.6 Å². The minimum atomic E-state index is 0.299. The number of guanidine groups is 1. The van der Waals surface area contributed by atoms with Gasteiger partial charge >= 0.3 is 0 Å². The lowest BCUT2D eigenvalue weighted by Gasteiger charge is -2.13. The number of rotatable bonds is 10. The maximum atomic E-state index is 5.75. The first-order valence-corrected chi connectivity index (χ1v) is 9.82. The average molecular weight is 399 g/mol. The molecular formula is C22H29N3O4. The number of aliphatic imine (C=N–C) groups is 1. The molecule has 2 N–H and O–H groups in total. The summed E-state index contributed by atoms with van der Waals surface area (Å²) in [6, 6.07) is 14.1. The van der Waals surface area contributed by atoms with Gasteiger partial charge in [-0.2, -0.15) is 0 Å². The van der Waals surface area contributed by atoms with Crippen LogP contribution in [0.2, 0.25) is 0 Å². The molecule has 2 aromatic carbocycles. The Hall–Kier alpha value is -2.93. The standard InChI is InChI=1S/C22H29N3O4/c1-23-22(24-10-9-17-7-8-20-21(14-17)29-16-28-20)25-15-18-5-3-6-19(13-18)27-12-4-11-26-2/h3,5-8,13-14H,4,9-12,15-16H2,1-2H3,(H2,23,24,25). The van der Waals surface area contributed by atoms with Gasteiger partial charge in [0, 0.05) is 40.3 Å². The molecule has 7 nitrogen and oxygen atoms in total. The number of nitrogens with zero attached hydrogens (tertiary/aromatic N) is 1. The van der Waals surface area contributed by atoms with Gasteiger partial charge in [-0.15, -0.1) is 0 Å². The fourth-order valence-corrected chi connectivity index (χ4v) is 2.97. The summed E-state index contributed by atoms with van der Waals surface area (Å²) in [4.78, 5) is 4.29. The fraction of sp³-hybridized carbons (Fsp3) is 0.409. The van der Waals surface area contributed by atoms with Crippen molar-refractivity contribution in [2.75, 3.05) is 40.7 Å². The molecule has 0 saturated carbocycles. The third-order valence-electron chi connectivity index (χ3n) is 4.49. The zero-order valence-corrected chi connectivity index (χ0v) is 17.1. The van der Waals surface area contributed by atoms with E-state index in [0.717, 1.165) is 48.2 Å². The first-order valence-electron chi connectivity index (χ1n) is 9.82. The van der Waals surface area contributed by atoms with Crippen molar-refractivity contribution in [1.82, 2.24) is 10.6 Å². The highest BCUT2D eigenvalue weighted by Gasteiger charge is 2.12. The summed E-state index contributed by atoms with van der Waals surface area (Å²) in [6.45, 7) is 3.08. The monoisotopic (exact) mass is 399 g/mol. The number of fused-ring (bicyclic) bond motifs is 1. The van der Waals surface area contributed by atoms with Gasteiger partial charge < -0.3 is 29.6 Å². The van der Waals surface area contributed by atoms with Gasteiger partial charge in [-0.1, -0.05) is 18.2 Å². The molecule has 156 valence electrons. The number of ether oxygens (including phenoxy) is 4. The lowest BCUT2D eigenvalue weighted by molar-refractivity contribution is 0.172. The van der Waals surface area contributed by atoms with Crippen molar-refractivity contribution in [3.63, 3.8) is 0 Å². The molecule has 29 heavy (non-hydrogen) atoms. The van der Waals surface area contributed by atoms with Crippen LogP contribution < -0.4 is 24.8 Å². The third kappa shape index (κ3) is 6.57. The minimum absolute atomic E-state index is 0.299. The molecule has 1 heterocycles. The number of hydrogen-bond donors (Lipinski definition) is 2. The molecule has 0 aliphatic carbocycles. The largest absolute Gasteiger partial charge is 0.493 e. The molecule has 3 rings (SSSR count). The molecule has 0 aromatic heterocycles. The summed E-state index contributed by atoms with van der Waals surface area (Å²) in [5.74, 6) is 3.25. The second kappa shape index (κ2) is 11.2. The Morgan fingerprint density at radius 1 is 1.03 bits per heavy atom. The van der Waals surface area contributed by atoms with E-state index in [9.17, 15) is 0 Å². The first-order chi connectivity index (χ1) is 14.3. The highest BCUT2D eigenvalue weighted by Crippen LogP contribution is 2.32. The van der Waals surface area contributed by atoms with E-state index in [4.69, 9.17) is 18.9 Å². The van der Waals surface area contributed by atoms with E-state index in [1.54, 1.807) is 14.2 Å². The zero-order valence-electron chi connectivity index (χ0n) is 17.1. The van der Waals surface area contributed by atoms with E-state index < -0.39 is 0 Å². The van der Waals surface area contributed by atoms with Crippen LogP contribution in [0, 0.1) is 0 Å². The van der Waals surface area contributed by atoms with Crippen LogP contribution in [0.3, 0.4) is 0 Å². The molecule has 0 amide bonds. The molecule has 0 bridgehead atoms. The highest BCUT2D eigenvalue weighted by atomic mass is 16.7. The van der Waals surface area contributed by atoms with Crippen molar-refractivity contribution in [2.24, 2.45) is 4.99 Å². The Kier molecular flexibility index (Phi) is 8.01. The van der Waals surface area contributed by atoms with Gasteiger partial charge in [0.15, 0.2) is 17.5 Å². The second-order valence-corrected chi connectivity index (χ2v) is 6.63. The number of nitrogens with one attached hydrogen (secondary N) is 2. The summed E-state index contributed by atoms with van der Waals surface area (Å²) in [5, 5.41) is 6.68. The molecule has 0 atom stereocenters. The lowest BCUT2D eigenvalue weighted by atomic mass is 10.1. The number of hydrogen-bond acceptors (Lipinski definition) is 5. The normalized spacial score (nSPS) is 12.7. The third-order valence-corrected chi connectivity index (χ3v) is 4.49. The van der Waals surface area contributed by atoms with Crippen LogP contribution in [0.25, 0.3) is 0 Å². The van der Waals surface area contributed by atoms with Crippen LogP contribution in [0.1, 0.15) is 17.5 Å². The Balaban J connectivity index is 1.41. The Labute approximate surface area is 172 Å². The van der Waals surface area contributed by atoms with Gasteiger partial charge in [0.25, 0.3) is 0 Å². The molecule has 1 aliphatic heterocycles. The van der Waals surface area contributed by atoms with Crippen molar-refractivity contribution in [2.45, 2.75) is 19.4 Å². The Morgan fingerprint density at radius 2 is 1.93 bits per heavy atom. The quantitative estimate of drug-likeness (QED) is 0.364. The van der Waals surface area contributed by atoms with Gasteiger partial charge in [0.05, 0.1) is 6.61 Å². The SMILES string of the molecule is CN=C(NCCc1ccc2c(c1)OCO2)NCc1cccc(OCCCOC)c1. The van der Waals surface area contributed by atoms with Crippen LogP contribution in [-0.4, -0.2) is 46.7 Å². The van der Waals surface area contributed by atoms with Crippen molar-refractivity contribution < 1.29 is 18.9 Å². The van der Waals surface area contributed by atoms with Crippen LogP contribution in [-0.2, 0) is 17.7 Å². The van der Waals surface area contributed by atoms with Crippen molar-refractivity contribution in [3.8, 4) is 17.2 Å². The molecule has 2 aromatic rings. The van der Waals surface area contributed by atoms with E-state index in [1.165, 1.54) is 5.56 Å². The zero-order chi connectivity index (χ0) is 20.3. The molecule has 0 spiro atoms. The van der Waals surface area contributed by atoms with Crippen LogP contribution in [0.15, 0.2) is 47.5 Å². The van der Waals surface area contributed by atoms with Gasteiger partial charge in [-0.05, 0) is 41.8 Å². The van der Waals surface area contributed by atoms with E-state index >= 15 is 0 Å². The minimum Gasteiger partial charge on any atom is -0.493 e. The Morgan fingerprint density at radius 3 is 2.79 bits per heavy atom. The van der Waals surface area contributed by atoms with Gasteiger partial charge in [0.2, 0.25) is 6.79 Å². The molecule has 0 unspecified atom stereocenters. The molecule has 0 radical (unpaired) electrons. The molecule has 0 saturated heterocycles. The highest BCUT2D eigenvalue weighted by molar-refractivity contribution is 5.79. The average Bonchev–Trinajstić information content (AvgIpc) is 3.22. The smallest absolute Gasteiger partial charge is 0.231 e. The predicted octanol–water partition coefficient (Wildman–Crippen LogP) is 2.74. The lowest BCUT2D eigenvalue weighted by Crippen LogP contribution is -2.37. The van der Waals surface area contributed by atoms with Crippen LogP contribution >= 0.6 is 0 Å². The molecule has 1 aliphatic rings. The maximum Gasteiger partial charge on any atom is 0.231 e. The van der Waals surface area contributed by atoms with E-state index in [1.807, 2.05) is 30.3 Å². The molecule has 7 heteroatoms.